The van der Waals surface area contributed by atoms with Crippen molar-refractivity contribution in [1.29, 1.82) is 0 Å². The minimum atomic E-state index is -0.167. The average Bonchev–Trinajstić information content (AvgIpc) is 3.29. The Kier molecular flexibility index (Phi) is 3.83. The van der Waals surface area contributed by atoms with Crippen LogP contribution in [0.4, 0.5) is 0 Å². The predicted octanol–water partition coefficient (Wildman–Crippen LogP) is 1.73. The molecule has 0 radical (unpaired) electrons. The van der Waals surface area contributed by atoms with Crippen LogP contribution in [0.1, 0.15) is 40.6 Å². The van der Waals surface area contributed by atoms with Gasteiger partial charge in [0.25, 0.3) is 5.91 Å². The summed E-state index contributed by atoms with van der Waals surface area (Å²) in [4.78, 5) is 16.1. The molecule has 6 nitrogen and oxygen atoms in total. The van der Waals surface area contributed by atoms with Gasteiger partial charge in [0, 0.05) is 31.7 Å². The van der Waals surface area contributed by atoms with E-state index in [0.717, 1.165) is 24.6 Å². The summed E-state index contributed by atoms with van der Waals surface area (Å²) in [5.74, 6) is 0.659. The molecule has 2 aromatic rings. The van der Waals surface area contributed by atoms with E-state index in [2.05, 4.69) is 16.5 Å². The SMILES string of the molecule is O=C(NC[C@@H]1OCCc2cn(CC3CC3)nc21)c1cccnc1. The van der Waals surface area contributed by atoms with E-state index in [9.17, 15) is 4.79 Å². The van der Waals surface area contributed by atoms with E-state index in [-0.39, 0.29) is 12.0 Å². The van der Waals surface area contributed by atoms with Crippen LogP contribution >= 0.6 is 0 Å². The summed E-state index contributed by atoms with van der Waals surface area (Å²) < 4.78 is 7.87. The van der Waals surface area contributed by atoms with Crippen LogP contribution in [0.3, 0.4) is 0 Å². The van der Waals surface area contributed by atoms with Crippen molar-refractivity contribution in [2.45, 2.75) is 31.9 Å². The highest BCUT2D eigenvalue weighted by atomic mass is 16.5. The summed E-state index contributed by atoms with van der Waals surface area (Å²) in [6.45, 7) is 2.11. The number of carbonyl (C=O) groups is 1. The molecule has 0 aromatic carbocycles. The summed E-state index contributed by atoms with van der Waals surface area (Å²) in [6.07, 6.45) is 8.71. The lowest BCUT2D eigenvalue weighted by Gasteiger charge is -2.22. The first-order chi connectivity index (χ1) is 11.3. The molecule has 1 N–H and O–H groups in total. The number of aromatic nitrogens is 3. The largest absolute Gasteiger partial charge is 0.370 e. The third-order valence-electron chi connectivity index (χ3n) is 4.38. The standard InChI is InChI=1S/C17H20N4O2/c22-17(13-2-1-6-18-8-13)19-9-15-16-14(5-7-23-15)11-21(20-16)10-12-3-4-12/h1-2,6,8,11-12,15H,3-5,7,9-10H2,(H,19,22)/t15-/m0/s1. The van der Waals surface area contributed by atoms with E-state index in [1.165, 1.54) is 18.4 Å². The number of pyridine rings is 1. The third kappa shape index (κ3) is 3.27. The zero-order valence-corrected chi connectivity index (χ0v) is 12.9. The number of ether oxygens (including phenoxy) is 1. The molecule has 4 rings (SSSR count). The van der Waals surface area contributed by atoms with Crippen molar-refractivity contribution in [3.05, 3.63) is 47.5 Å². The molecule has 0 unspecified atom stereocenters. The number of hydrogen-bond acceptors (Lipinski definition) is 4. The van der Waals surface area contributed by atoms with Gasteiger partial charge in [-0.1, -0.05) is 0 Å². The normalized spacial score (nSPS) is 20.1. The van der Waals surface area contributed by atoms with E-state index >= 15 is 0 Å². The van der Waals surface area contributed by atoms with E-state index in [1.807, 2.05) is 4.68 Å². The van der Waals surface area contributed by atoms with Crippen molar-refractivity contribution in [3.63, 3.8) is 0 Å². The van der Waals surface area contributed by atoms with Crippen molar-refractivity contribution >= 4 is 5.91 Å². The molecule has 1 saturated carbocycles. The van der Waals surface area contributed by atoms with Crippen molar-refractivity contribution in [3.8, 4) is 0 Å². The van der Waals surface area contributed by atoms with Gasteiger partial charge in [-0.2, -0.15) is 5.10 Å². The average molecular weight is 312 g/mol. The number of fused-ring (bicyclic) bond motifs is 1. The highest BCUT2D eigenvalue weighted by Gasteiger charge is 2.27. The topological polar surface area (TPSA) is 69.0 Å². The van der Waals surface area contributed by atoms with Crippen LogP contribution in [0.15, 0.2) is 30.7 Å². The Morgan fingerprint density at radius 2 is 2.35 bits per heavy atom. The van der Waals surface area contributed by atoms with Gasteiger partial charge in [-0.05, 0) is 42.9 Å². The van der Waals surface area contributed by atoms with Crippen LogP contribution < -0.4 is 5.32 Å². The Balaban J connectivity index is 1.42. The summed E-state index contributed by atoms with van der Waals surface area (Å²) in [5.41, 5.74) is 2.78. The Labute approximate surface area is 134 Å². The predicted molar refractivity (Wildman–Crippen MR) is 83.9 cm³/mol. The molecule has 23 heavy (non-hydrogen) atoms. The van der Waals surface area contributed by atoms with E-state index in [1.54, 1.807) is 24.5 Å². The third-order valence-corrected chi connectivity index (χ3v) is 4.38. The van der Waals surface area contributed by atoms with E-state index in [4.69, 9.17) is 9.84 Å². The van der Waals surface area contributed by atoms with Gasteiger partial charge in [0.2, 0.25) is 0 Å². The maximum absolute atomic E-state index is 12.1. The lowest BCUT2D eigenvalue weighted by Crippen LogP contribution is -2.32. The molecular formula is C17H20N4O2. The van der Waals surface area contributed by atoms with Gasteiger partial charge < -0.3 is 10.1 Å². The molecule has 3 heterocycles. The molecule has 0 bridgehead atoms. The first-order valence-electron chi connectivity index (χ1n) is 8.15. The van der Waals surface area contributed by atoms with Crippen LogP contribution in [0, 0.1) is 5.92 Å². The molecule has 6 heteroatoms. The molecule has 2 aliphatic rings. The van der Waals surface area contributed by atoms with Gasteiger partial charge in [0.15, 0.2) is 0 Å². The fourth-order valence-electron chi connectivity index (χ4n) is 2.93. The van der Waals surface area contributed by atoms with Crippen LogP contribution in [0.2, 0.25) is 0 Å². The first-order valence-corrected chi connectivity index (χ1v) is 8.15. The number of nitrogens with one attached hydrogen (secondary N) is 1. The first kappa shape index (κ1) is 14.4. The van der Waals surface area contributed by atoms with Gasteiger partial charge in [0.1, 0.15) is 6.10 Å². The van der Waals surface area contributed by atoms with Gasteiger partial charge in [0.05, 0.1) is 17.9 Å². The van der Waals surface area contributed by atoms with Gasteiger partial charge >= 0.3 is 0 Å². The van der Waals surface area contributed by atoms with E-state index < -0.39 is 0 Å². The molecule has 2 aromatic heterocycles. The molecule has 0 spiro atoms. The molecular weight excluding hydrogens is 292 g/mol. The fraction of sp³-hybridized carbons (Fsp3) is 0.471. The van der Waals surface area contributed by atoms with E-state index in [0.29, 0.717) is 18.7 Å². The second kappa shape index (κ2) is 6.12. The smallest absolute Gasteiger partial charge is 0.252 e. The van der Waals surface area contributed by atoms with Crippen LogP contribution in [-0.2, 0) is 17.7 Å². The van der Waals surface area contributed by atoms with Crippen molar-refractivity contribution in [2.24, 2.45) is 5.92 Å². The molecule has 120 valence electrons. The fourth-order valence-corrected chi connectivity index (χ4v) is 2.93. The van der Waals surface area contributed by atoms with Crippen molar-refractivity contribution < 1.29 is 9.53 Å². The van der Waals surface area contributed by atoms with Crippen LogP contribution in [-0.4, -0.2) is 33.8 Å². The lowest BCUT2D eigenvalue weighted by molar-refractivity contribution is 0.0383. The van der Waals surface area contributed by atoms with Gasteiger partial charge in [-0.15, -0.1) is 0 Å². The lowest BCUT2D eigenvalue weighted by atomic mass is 10.1. The van der Waals surface area contributed by atoms with Crippen molar-refractivity contribution in [1.82, 2.24) is 20.1 Å². The second-order valence-corrected chi connectivity index (χ2v) is 6.27. The molecule has 1 amide bonds. The molecule has 0 saturated heterocycles. The van der Waals surface area contributed by atoms with Crippen LogP contribution in [0.25, 0.3) is 0 Å². The summed E-state index contributed by atoms with van der Waals surface area (Å²) >= 11 is 0. The van der Waals surface area contributed by atoms with Crippen LogP contribution in [0.5, 0.6) is 0 Å². The maximum atomic E-state index is 12.1. The van der Waals surface area contributed by atoms with Gasteiger partial charge in [-0.25, -0.2) is 0 Å². The molecule has 1 aliphatic heterocycles. The number of carbonyl (C=O) groups excluding carboxylic acids is 1. The monoisotopic (exact) mass is 312 g/mol. The summed E-state index contributed by atoms with van der Waals surface area (Å²) in [7, 11) is 0. The zero-order chi connectivity index (χ0) is 15.6. The number of hydrogen-bond donors (Lipinski definition) is 1. The molecule has 1 fully saturated rings. The van der Waals surface area contributed by atoms with Crippen molar-refractivity contribution in [2.75, 3.05) is 13.2 Å². The zero-order valence-electron chi connectivity index (χ0n) is 12.9. The Morgan fingerprint density at radius 3 is 3.13 bits per heavy atom. The number of nitrogens with zero attached hydrogens (tertiary/aromatic N) is 3. The Morgan fingerprint density at radius 1 is 1.43 bits per heavy atom. The number of rotatable bonds is 5. The highest BCUT2D eigenvalue weighted by Crippen LogP contribution is 2.32. The molecule has 1 aliphatic carbocycles. The minimum Gasteiger partial charge on any atom is -0.370 e. The summed E-state index contributed by atoms with van der Waals surface area (Å²) in [6, 6.07) is 3.50. The Bertz CT molecular complexity index is 694. The quantitative estimate of drug-likeness (QED) is 0.913. The highest BCUT2D eigenvalue weighted by molar-refractivity contribution is 5.93. The minimum absolute atomic E-state index is 0.133. The Hall–Kier alpha value is -2.21. The molecule has 1 atom stereocenters. The van der Waals surface area contributed by atoms with Gasteiger partial charge in [-0.3, -0.25) is 14.5 Å². The maximum Gasteiger partial charge on any atom is 0.252 e. The summed E-state index contributed by atoms with van der Waals surface area (Å²) in [5, 5.41) is 7.61. The number of amides is 1. The second-order valence-electron chi connectivity index (χ2n) is 6.27.